The van der Waals surface area contributed by atoms with Crippen molar-refractivity contribution in [2.75, 3.05) is 63.0 Å². The molecule has 36 heavy (non-hydrogen) atoms. The van der Waals surface area contributed by atoms with Crippen LogP contribution in [-0.4, -0.2) is 94.7 Å². The molecule has 2 aliphatic rings. The summed E-state index contributed by atoms with van der Waals surface area (Å²) in [6.07, 6.45) is 3.37. The molecule has 3 amide bonds. The number of piperazine rings is 1. The molecular weight excluding hydrogens is 498 g/mol. The number of fused-ring (bicyclic) bond motifs is 2. The number of aryl methyl sites for hydroxylation is 1. The Balaban J connectivity index is 1.21. The highest BCUT2D eigenvalue weighted by molar-refractivity contribution is 7.24. The van der Waals surface area contributed by atoms with E-state index in [2.05, 4.69) is 16.7 Å². The molecule has 0 saturated carbocycles. The van der Waals surface area contributed by atoms with Crippen LogP contribution in [0.5, 0.6) is 0 Å². The predicted molar refractivity (Wildman–Crippen MR) is 144 cm³/mol. The number of carbonyl (C=O) groups is 3. The molecule has 2 saturated heterocycles. The number of carbonyl (C=O) groups excluding carboxylic acids is 3. The zero-order valence-electron chi connectivity index (χ0n) is 20.6. The Labute approximate surface area is 217 Å². The molecule has 3 aromatic rings. The average molecular weight is 530 g/mol. The number of thiazole rings is 2. The van der Waals surface area contributed by atoms with Crippen LogP contribution >= 0.6 is 22.7 Å². The second-order valence-electron chi connectivity index (χ2n) is 9.27. The first kappa shape index (κ1) is 24.7. The molecule has 4 heterocycles. The Morgan fingerprint density at radius 2 is 1.25 bits per heavy atom. The minimum absolute atomic E-state index is 0.00615. The van der Waals surface area contributed by atoms with E-state index in [0.717, 1.165) is 57.1 Å². The van der Waals surface area contributed by atoms with Crippen molar-refractivity contribution in [1.29, 1.82) is 0 Å². The second kappa shape index (κ2) is 10.6. The molecule has 0 aliphatic carbocycles. The van der Waals surface area contributed by atoms with Gasteiger partial charge in [-0.25, -0.2) is 9.97 Å². The molecule has 0 unspecified atom stereocenters. The molecule has 10 nitrogen and oxygen atoms in total. The lowest BCUT2D eigenvalue weighted by atomic mass is 10.1. The average Bonchev–Trinajstić information content (AvgIpc) is 3.50. The summed E-state index contributed by atoms with van der Waals surface area (Å²) in [6, 6.07) is 2.08. The minimum Gasteiger partial charge on any atom is -0.352 e. The summed E-state index contributed by atoms with van der Waals surface area (Å²) in [7, 11) is 0. The second-order valence-corrected chi connectivity index (χ2v) is 11.3. The SMILES string of the molecule is CC(=O)N1CCN(C(=O)CNc2nc3c(C)c4nc(NCC(=O)N5CCCCC5)sc4cc3s2)CC1. The Morgan fingerprint density at radius 1 is 0.778 bits per heavy atom. The monoisotopic (exact) mass is 529 g/mol. The van der Waals surface area contributed by atoms with Crippen molar-refractivity contribution in [2.45, 2.75) is 33.1 Å². The molecule has 192 valence electrons. The van der Waals surface area contributed by atoms with Gasteiger partial charge in [0, 0.05) is 51.8 Å². The number of rotatable bonds is 6. The van der Waals surface area contributed by atoms with Gasteiger partial charge in [0.2, 0.25) is 17.7 Å². The fourth-order valence-electron chi connectivity index (χ4n) is 4.72. The number of hydrogen-bond acceptors (Lipinski definition) is 9. The van der Waals surface area contributed by atoms with E-state index in [1.165, 1.54) is 17.8 Å². The third-order valence-electron chi connectivity index (χ3n) is 6.85. The summed E-state index contributed by atoms with van der Waals surface area (Å²) in [5.41, 5.74) is 2.75. The first-order chi connectivity index (χ1) is 17.4. The number of amides is 3. The minimum atomic E-state index is 0.00615. The van der Waals surface area contributed by atoms with E-state index in [4.69, 9.17) is 9.97 Å². The molecule has 5 rings (SSSR count). The van der Waals surface area contributed by atoms with Gasteiger partial charge >= 0.3 is 0 Å². The highest BCUT2D eigenvalue weighted by atomic mass is 32.1. The van der Waals surface area contributed by atoms with E-state index < -0.39 is 0 Å². The van der Waals surface area contributed by atoms with Gasteiger partial charge in [-0.3, -0.25) is 14.4 Å². The fourth-order valence-corrected chi connectivity index (χ4v) is 6.72. The summed E-state index contributed by atoms with van der Waals surface area (Å²) < 4.78 is 2.08. The third kappa shape index (κ3) is 5.24. The van der Waals surface area contributed by atoms with E-state index in [0.29, 0.717) is 31.3 Å². The zero-order chi connectivity index (χ0) is 25.2. The van der Waals surface area contributed by atoms with Crippen molar-refractivity contribution in [3.63, 3.8) is 0 Å². The van der Waals surface area contributed by atoms with Crippen molar-refractivity contribution in [2.24, 2.45) is 0 Å². The number of aromatic nitrogens is 2. The summed E-state index contributed by atoms with van der Waals surface area (Å²) in [5.74, 6) is 0.180. The molecule has 0 radical (unpaired) electrons. The lowest BCUT2D eigenvalue weighted by Gasteiger charge is -2.34. The molecule has 2 N–H and O–H groups in total. The molecule has 2 aliphatic heterocycles. The van der Waals surface area contributed by atoms with Crippen LogP contribution in [0.1, 0.15) is 31.7 Å². The van der Waals surface area contributed by atoms with E-state index >= 15 is 0 Å². The van der Waals surface area contributed by atoms with Gasteiger partial charge in [-0.15, -0.1) is 0 Å². The van der Waals surface area contributed by atoms with Crippen LogP contribution in [0, 0.1) is 6.92 Å². The van der Waals surface area contributed by atoms with Crippen molar-refractivity contribution >= 4 is 71.1 Å². The zero-order valence-corrected chi connectivity index (χ0v) is 22.3. The van der Waals surface area contributed by atoms with Crippen molar-refractivity contribution in [1.82, 2.24) is 24.7 Å². The van der Waals surface area contributed by atoms with E-state index in [1.807, 2.05) is 11.8 Å². The van der Waals surface area contributed by atoms with Crippen molar-refractivity contribution in [3.8, 4) is 0 Å². The van der Waals surface area contributed by atoms with Gasteiger partial charge < -0.3 is 25.3 Å². The lowest BCUT2D eigenvalue weighted by Crippen LogP contribution is -2.51. The maximum atomic E-state index is 12.6. The fraction of sp³-hybridized carbons (Fsp3) is 0.542. The molecule has 1 aromatic carbocycles. The van der Waals surface area contributed by atoms with Crippen LogP contribution in [0.4, 0.5) is 10.3 Å². The first-order valence-corrected chi connectivity index (χ1v) is 14.0. The van der Waals surface area contributed by atoms with Crippen LogP contribution in [0.25, 0.3) is 20.4 Å². The number of anilines is 2. The van der Waals surface area contributed by atoms with Crippen molar-refractivity contribution < 1.29 is 14.4 Å². The molecule has 12 heteroatoms. The third-order valence-corrected chi connectivity index (χ3v) is 8.77. The highest BCUT2D eigenvalue weighted by Crippen LogP contribution is 2.37. The van der Waals surface area contributed by atoms with Gasteiger partial charge in [0.25, 0.3) is 0 Å². The lowest BCUT2D eigenvalue weighted by molar-refractivity contribution is -0.137. The quantitative estimate of drug-likeness (QED) is 0.505. The topological polar surface area (TPSA) is 111 Å². The van der Waals surface area contributed by atoms with Crippen LogP contribution in [0.15, 0.2) is 6.07 Å². The first-order valence-electron chi connectivity index (χ1n) is 12.4. The summed E-state index contributed by atoms with van der Waals surface area (Å²) >= 11 is 3.06. The number of likely N-dealkylation sites (tertiary alicyclic amines) is 1. The smallest absolute Gasteiger partial charge is 0.242 e. The van der Waals surface area contributed by atoms with Crippen LogP contribution in [0.2, 0.25) is 0 Å². The maximum absolute atomic E-state index is 12.6. The van der Waals surface area contributed by atoms with Crippen molar-refractivity contribution in [3.05, 3.63) is 11.6 Å². The van der Waals surface area contributed by atoms with E-state index in [9.17, 15) is 14.4 Å². The summed E-state index contributed by atoms with van der Waals surface area (Å²) in [5, 5.41) is 7.83. The molecule has 0 spiro atoms. The molecule has 2 fully saturated rings. The standard InChI is InChI=1S/C24H31N7O3S2/c1-15-21-17(35-23(27-21)25-13-19(33)30-6-4-3-5-7-30)12-18-22(15)28-24(36-18)26-14-20(34)31-10-8-29(9-11-31)16(2)32/h12H,3-11,13-14H2,1-2H3,(H,25,27)(H,26,28). The molecule has 2 aromatic heterocycles. The number of hydrogen-bond donors (Lipinski definition) is 2. The van der Waals surface area contributed by atoms with Gasteiger partial charge in [0.15, 0.2) is 10.3 Å². The highest BCUT2D eigenvalue weighted by Gasteiger charge is 2.23. The van der Waals surface area contributed by atoms with Gasteiger partial charge in [0.05, 0.1) is 33.5 Å². The molecule has 0 atom stereocenters. The number of piperidine rings is 1. The number of benzene rings is 1. The van der Waals surface area contributed by atoms with Crippen LogP contribution in [-0.2, 0) is 14.4 Å². The van der Waals surface area contributed by atoms with Gasteiger partial charge in [-0.2, -0.15) is 0 Å². The van der Waals surface area contributed by atoms with Gasteiger partial charge in [-0.05, 0) is 32.3 Å². The largest absolute Gasteiger partial charge is 0.352 e. The maximum Gasteiger partial charge on any atom is 0.242 e. The number of nitrogens with one attached hydrogen (secondary N) is 2. The Hall–Kier alpha value is -2.99. The summed E-state index contributed by atoms with van der Waals surface area (Å²) in [6.45, 7) is 7.96. The van der Waals surface area contributed by atoms with Gasteiger partial charge in [0.1, 0.15) is 0 Å². The Morgan fingerprint density at radius 3 is 1.75 bits per heavy atom. The summed E-state index contributed by atoms with van der Waals surface area (Å²) in [4.78, 5) is 51.5. The van der Waals surface area contributed by atoms with E-state index in [-0.39, 0.29) is 30.8 Å². The van der Waals surface area contributed by atoms with Gasteiger partial charge in [-0.1, -0.05) is 22.7 Å². The Bertz CT molecular complexity index is 1290. The predicted octanol–water partition coefficient (Wildman–Crippen LogP) is 2.74. The molecular formula is C24H31N7O3S2. The Kier molecular flexibility index (Phi) is 7.24. The van der Waals surface area contributed by atoms with Crippen LogP contribution < -0.4 is 10.6 Å². The molecule has 0 bridgehead atoms. The van der Waals surface area contributed by atoms with E-state index in [1.54, 1.807) is 28.1 Å². The normalized spacial score (nSPS) is 16.6. The number of nitrogens with zero attached hydrogens (tertiary/aromatic N) is 5. The van der Waals surface area contributed by atoms with Crippen LogP contribution in [0.3, 0.4) is 0 Å².